The van der Waals surface area contributed by atoms with Gasteiger partial charge in [-0.15, -0.1) is 0 Å². The minimum atomic E-state index is 0.236. The van der Waals surface area contributed by atoms with E-state index in [1.54, 1.807) is 0 Å². The summed E-state index contributed by atoms with van der Waals surface area (Å²) in [5, 5.41) is 7.66. The van der Waals surface area contributed by atoms with E-state index in [1.165, 1.54) is 12.8 Å². The number of hydrogen-bond donors (Lipinski definition) is 1. The van der Waals surface area contributed by atoms with Gasteiger partial charge in [-0.05, 0) is 12.8 Å². The molecule has 1 fully saturated rings. The second-order valence-corrected chi connectivity index (χ2v) is 3.60. The van der Waals surface area contributed by atoms with Crippen molar-refractivity contribution in [3.05, 3.63) is 17.7 Å². The van der Waals surface area contributed by atoms with Gasteiger partial charge in [-0.1, -0.05) is 10.3 Å². The van der Waals surface area contributed by atoms with Crippen LogP contribution in [-0.2, 0) is 6.54 Å². The molecular weight excluding hydrogens is 196 g/mol. The average molecular weight is 206 g/mol. The molecule has 78 valence electrons. The molecule has 0 aromatic carbocycles. The van der Waals surface area contributed by atoms with E-state index in [2.05, 4.69) is 15.3 Å². The van der Waals surface area contributed by atoms with Crippen molar-refractivity contribution in [3.63, 3.8) is 0 Å². The van der Waals surface area contributed by atoms with Gasteiger partial charge in [0.2, 0.25) is 11.7 Å². The van der Waals surface area contributed by atoms with Crippen LogP contribution in [0.25, 0.3) is 11.5 Å². The summed E-state index contributed by atoms with van der Waals surface area (Å²) in [6, 6.07) is 1.86. The number of aromatic nitrogens is 3. The molecule has 0 atom stereocenters. The fraction of sp³-hybridized carbons (Fsp3) is 0.444. The van der Waals surface area contributed by atoms with Crippen molar-refractivity contribution < 1.29 is 9.05 Å². The zero-order chi connectivity index (χ0) is 10.3. The van der Waals surface area contributed by atoms with Crippen molar-refractivity contribution in [2.75, 3.05) is 0 Å². The predicted molar refractivity (Wildman–Crippen MR) is 49.7 cm³/mol. The lowest BCUT2D eigenvalue weighted by Gasteiger charge is -1.81. The monoisotopic (exact) mass is 206 g/mol. The molecule has 15 heavy (non-hydrogen) atoms. The van der Waals surface area contributed by atoms with E-state index in [0.717, 1.165) is 5.76 Å². The SMILES string of the molecule is NCc1nc(-c2cc(C3CC3)on2)no1. The second-order valence-electron chi connectivity index (χ2n) is 3.60. The Labute approximate surface area is 85.4 Å². The largest absolute Gasteiger partial charge is 0.360 e. The van der Waals surface area contributed by atoms with Crippen molar-refractivity contribution in [2.24, 2.45) is 5.73 Å². The van der Waals surface area contributed by atoms with Crippen molar-refractivity contribution in [3.8, 4) is 11.5 Å². The van der Waals surface area contributed by atoms with Crippen LogP contribution in [0.1, 0.15) is 30.4 Å². The minimum Gasteiger partial charge on any atom is -0.360 e. The van der Waals surface area contributed by atoms with E-state index in [9.17, 15) is 0 Å². The molecule has 2 heterocycles. The van der Waals surface area contributed by atoms with Gasteiger partial charge in [-0.25, -0.2) is 0 Å². The van der Waals surface area contributed by atoms with E-state index in [4.69, 9.17) is 14.8 Å². The van der Waals surface area contributed by atoms with Crippen molar-refractivity contribution in [1.29, 1.82) is 0 Å². The molecule has 6 nitrogen and oxygen atoms in total. The number of rotatable bonds is 3. The minimum absolute atomic E-state index is 0.236. The molecule has 2 aromatic heterocycles. The van der Waals surface area contributed by atoms with Gasteiger partial charge in [0.25, 0.3) is 0 Å². The molecule has 6 heteroatoms. The summed E-state index contributed by atoms with van der Waals surface area (Å²) in [6.45, 7) is 0.236. The highest BCUT2D eigenvalue weighted by Gasteiger charge is 2.28. The normalized spacial score (nSPS) is 15.8. The molecule has 1 aliphatic carbocycles. The van der Waals surface area contributed by atoms with Crippen molar-refractivity contribution in [2.45, 2.75) is 25.3 Å². The Morgan fingerprint density at radius 3 is 2.87 bits per heavy atom. The summed E-state index contributed by atoms with van der Waals surface area (Å²) in [7, 11) is 0. The summed E-state index contributed by atoms with van der Waals surface area (Å²) < 4.78 is 10.1. The number of nitrogens with two attached hydrogens (primary N) is 1. The maximum Gasteiger partial charge on any atom is 0.240 e. The average Bonchev–Trinajstić information content (AvgIpc) is 2.84. The van der Waals surface area contributed by atoms with Gasteiger partial charge in [0, 0.05) is 12.0 Å². The maximum atomic E-state index is 5.36. The Kier molecular flexibility index (Phi) is 1.81. The van der Waals surface area contributed by atoms with Crippen LogP contribution in [0.4, 0.5) is 0 Å². The molecule has 1 saturated carbocycles. The van der Waals surface area contributed by atoms with Gasteiger partial charge in [0.1, 0.15) is 5.76 Å². The Balaban J connectivity index is 1.90. The predicted octanol–water partition coefficient (Wildman–Crippen LogP) is 1.06. The second kappa shape index (κ2) is 3.16. The summed E-state index contributed by atoms with van der Waals surface area (Å²) in [5.41, 5.74) is 5.98. The third-order valence-electron chi connectivity index (χ3n) is 2.38. The molecule has 0 saturated heterocycles. The highest BCUT2D eigenvalue weighted by atomic mass is 16.5. The molecule has 0 bridgehead atoms. The van der Waals surface area contributed by atoms with Crippen LogP contribution in [0.5, 0.6) is 0 Å². The molecule has 2 N–H and O–H groups in total. The van der Waals surface area contributed by atoms with Crippen LogP contribution < -0.4 is 5.73 Å². The molecule has 0 amide bonds. The van der Waals surface area contributed by atoms with Gasteiger partial charge in [0.05, 0.1) is 6.54 Å². The van der Waals surface area contributed by atoms with Crippen molar-refractivity contribution in [1.82, 2.24) is 15.3 Å². The van der Waals surface area contributed by atoms with Gasteiger partial charge in [-0.2, -0.15) is 4.98 Å². The molecule has 1 aliphatic rings. The Hall–Kier alpha value is -1.69. The first-order valence-corrected chi connectivity index (χ1v) is 4.86. The van der Waals surface area contributed by atoms with Crippen LogP contribution in [0.3, 0.4) is 0 Å². The molecule has 0 spiro atoms. The third-order valence-corrected chi connectivity index (χ3v) is 2.38. The lowest BCUT2D eigenvalue weighted by molar-refractivity contribution is 0.376. The van der Waals surface area contributed by atoms with Crippen LogP contribution in [0.15, 0.2) is 15.1 Å². The zero-order valence-corrected chi connectivity index (χ0v) is 8.01. The van der Waals surface area contributed by atoms with E-state index >= 15 is 0 Å². The topological polar surface area (TPSA) is 91.0 Å². The van der Waals surface area contributed by atoms with E-state index in [0.29, 0.717) is 23.3 Å². The first kappa shape index (κ1) is 8.60. The van der Waals surface area contributed by atoms with Crippen molar-refractivity contribution >= 4 is 0 Å². The Bertz CT molecular complexity index is 472. The van der Waals surface area contributed by atoms with Crippen LogP contribution in [0.2, 0.25) is 0 Å². The maximum absolute atomic E-state index is 5.36. The molecule has 0 radical (unpaired) electrons. The molecule has 2 aromatic rings. The molecule has 0 unspecified atom stereocenters. The van der Waals surface area contributed by atoms with Gasteiger partial charge in [0.15, 0.2) is 5.69 Å². The fourth-order valence-electron chi connectivity index (χ4n) is 1.40. The first-order valence-electron chi connectivity index (χ1n) is 4.86. The van der Waals surface area contributed by atoms with Gasteiger partial charge >= 0.3 is 0 Å². The van der Waals surface area contributed by atoms with Crippen LogP contribution >= 0.6 is 0 Å². The molecular formula is C9H10N4O2. The number of nitrogens with zero attached hydrogens (tertiary/aromatic N) is 3. The van der Waals surface area contributed by atoms with Gasteiger partial charge in [-0.3, -0.25) is 0 Å². The van der Waals surface area contributed by atoms with E-state index < -0.39 is 0 Å². The fourth-order valence-corrected chi connectivity index (χ4v) is 1.40. The first-order chi connectivity index (χ1) is 7.36. The third kappa shape index (κ3) is 1.52. The summed E-state index contributed by atoms with van der Waals surface area (Å²) in [4.78, 5) is 4.07. The van der Waals surface area contributed by atoms with Crippen LogP contribution in [0, 0.1) is 0 Å². The molecule has 0 aliphatic heterocycles. The summed E-state index contributed by atoms with van der Waals surface area (Å²) in [5.74, 6) is 2.28. The lowest BCUT2D eigenvalue weighted by atomic mass is 10.3. The highest BCUT2D eigenvalue weighted by Crippen LogP contribution is 2.40. The lowest BCUT2D eigenvalue weighted by Crippen LogP contribution is -1.95. The smallest absolute Gasteiger partial charge is 0.240 e. The number of hydrogen-bond acceptors (Lipinski definition) is 6. The summed E-state index contributed by atoms with van der Waals surface area (Å²) in [6.07, 6.45) is 2.35. The van der Waals surface area contributed by atoms with Gasteiger partial charge < -0.3 is 14.8 Å². The quantitative estimate of drug-likeness (QED) is 0.807. The standard InChI is InChI=1S/C9H10N4O2/c10-4-8-11-9(13-15-8)6-3-7(14-12-6)5-1-2-5/h3,5H,1-2,4,10H2. The van der Waals surface area contributed by atoms with E-state index in [-0.39, 0.29) is 6.54 Å². The summed E-state index contributed by atoms with van der Waals surface area (Å²) >= 11 is 0. The zero-order valence-electron chi connectivity index (χ0n) is 8.01. The Morgan fingerprint density at radius 1 is 1.33 bits per heavy atom. The highest BCUT2D eigenvalue weighted by molar-refractivity contribution is 5.48. The molecule has 3 rings (SSSR count). The van der Waals surface area contributed by atoms with Crippen LogP contribution in [-0.4, -0.2) is 15.3 Å². The van der Waals surface area contributed by atoms with E-state index in [1.807, 2.05) is 6.07 Å². The Morgan fingerprint density at radius 2 is 2.20 bits per heavy atom.